The standard InChI is InChI=1S/C18H22N4O3/c23-16(12-5-8-19-9-6-12)22-18(25)17(24)20-10-7-13-11-21-15-4-2-1-3-14(13)15/h1-4,11-12,19,21H,5-10H2,(H,20,24)(H,22,23,25). The van der Waals surface area contributed by atoms with Crippen molar-refractivity contribution in [3.05, 3.63) is 36.0 Å². The molecule has 25 heavy (non-hydrogen) atoms. The summed E-state index contributed by atoms with van der Waals surface area (Å²) in [5.74, 6) is -2.23. The van der Waals surface area contributed by atoms with Crippen LogP contribution in [0.4, 0.5) is 0 Å². The highest BCUT2D eigenvalue weighted by Crippen LogP contribution is 2.17. The molecule has 3 amide bonds. The third-order valence-corrected chi connectivity index (χ3v) is 4.51. The van der Waals surface area contributed by atoms with Crippen molar-refractivity contribution in [2.75, 3.05) is 19.6 Å². The molecule has 0 bridgehead atoms. The van der Waals surface area contributed by atoms with Gasteiger partial charge in [0.25, 0.3) is 0 Å². The van der Waals surface area contributed by atoms with Gasteiger partial charge in [0.2, 0.25) is 5.91 Å². The van der Waals surface area contributed by atoms with Crippen molar-refractivity contribution >= 4 is 28.6 Å². The molecule has 0 radical (unpaired) electrons. The Labute approximate surface area is 145 Å². The fourth-order valence-corrected chi connectivity index (χ4v) is 3.08. The highest BCUT2D eigenvalue weighted by Gasteiger charge is 2.24. The normalized spacial score (nSPS) is 15.0. The summed E-state index contributed by atoms with van der Waals surface area (Å²) in [6.45, 7) is 1.84. The van der Waals surface area contributed by atoms with Gasteiger partial charge in [0, 0.05) is 29.6 Å². The van der Waals surface area contributed by atoms with E-state index in [0.29, 0.717) is 25.8 Å². The third kappa shape index (κ3) is 4.24. The first-order chi connectivity index (χ1) is 12.1. The smallest absolute Gasteiger partial charge is 0.315 e. The molecule has 0 aliphatic carbocycles. The molecule has 3 rings (SSSR count). The zero-order valence-electron chi connectivity index (χ0n) is 13.9. The van der Waals surface area contributed by atoms with Crippen molar-refractivity contribution < 1.29 is 14.4 Å². The average molecular weight is 342 g/mol. The average Bonchev–Trinajstić information content (AvgIpc) is 3.05. The molecular weight excluding hydrogens is 320 g/mol. The second-order valence-corrected chi connectivity index (χ2v) is 6.21. The van der Waals surface area contributed by atoms with E-state index in [1.807, 2.05) is 30.5 Å². The second-order valence-electron chi connectivity index (χ2n) is 6.21. The maximum Gasteiger partial charge on any atom is 0.315 e. The molecule has 1 saturated heterocycles. The van der Waals surface area contributed by atoms with Gasteiger partial charge in [-0.25, -0.2) is 0 Å². The van der Waals surface area contributed by atoms with Crippen LogP contribution in [0.1, 0.15) is 18.4 Å². The van der Waals surface area contributed by atoms with Gasteiger partial charge in [-0.3, -0.25) is 19.7 Å². The van der Waals surface area contributed by atoms with Crippen molar-refractivity contribution in [1.82, 2.24) is 20.9 Å². The SMILES string of the molecule is O=C(NCCc1c[nH]c2ccccc12)C(=O)NC(=O)C1CCNCC1. The first kappa shape index (κ1) is 17.2. The first-order valence-corrected chi connectivity index (χ1v) is 8.54. The maximum absolute atomic E-state index is 12.0. The summed E-state index contributed by atoms with van der Waals surface area (Å²) in [7, 11) is 0. The monoisotopic (exact) mass is 342 g/mol. The van der Waals surface area contributed by atoms with E-state index in [0.717, 1.165) is 29.6 Å². The number of carbonyl (C=O) groups excluding carboxylic acids is 3. The molecule has 2 heterocycles. The number of fused-ring (bicyclic) bond motifs is 1. The van der Waals surface area contributed by atoms with Crippen LogP contribution in [0.5, 0.6) is 0 Å². The van der Waals surface area contributed by atoms with Crippen LogP contribution in [0, 0.1) is 5.92 Å². The molecule has 0 unspecified atom stereocenters. The summed E-state index contributed by atoms with van der Waals surface area (Å²) in [4.78, 5) is 38.8. The number of carbonyl (C=O) groups is 3. The predicted molar refractivity (Wildman–Crippen MR) is 93.8 cm³/mol. The molecule has 1 aliphatic rings. The number of aromatic nitrogens is 1. The number of para-hydroxylation sites is 1. The van der Waals surface area contributed by atoms with Crippen LogP contribution in [-0.4, -0.2) is 42.3 Å². The number of hydrogen-bond donors (Lipinski definition) is 4. The Morgan fingerprint density at radius 1 is 1.08 bits per heavy atom. The number of rotatable bonds is 4. The van der Waals surface area contributed by atoms with E-state index in [-0.39, 0.29) is 11.8 Å². The number of nitrogens with one attached hydrogen (secondary N) is 4. The lowest BCUT2D eigenvalue weighted by molar-refractivity contribution is -0.143. The van der Waals surface area contributed by atoms with Crippen molar-refractivity contribution in [1.29, 1.82) is 0 Å². The van der Waals surface area contributed by atoms with Crippen LogP contribution >= 0.6 is 0 Å². The van der Waals surface area contributed by atoms with Crippen molar-refractivity contribution in [2.45, 2.75) is 19.3 Å². The number of amides is 3. The van der Waals surface area contributed by atoms with Gasteiger partial charge in [-0.05, 0) is 44.0 Å². The van der Waals surface area contributed by atoms with Gasteiger partial charge in [-0.1, -0.05) is 18.2 Å². The van der Waals surface area contributed by atoms with Crippen molar-refractivity contribution in [3.63, 3.8) is 0 Å². The number of H-pyrrole nitrogens is 1. The zero-order chi connectivity index (χ0) is 17.6. The minimum Gasteiger partial charge on any atom is -0.361 e. The first-order valence-electron chi connectivity index (χ1n) is 8.54. The van der Waals surface area contributed by atoms with E-state index in [4.69, 9.17) is 0 Å². The van der Waals surface area contributed by atoms with Crippen LogP contribution < -0.4 is 16.0 Å². The molecule has 1 aromatic carbocycles. The predicted octanol–water partition coefficient (Wildman–Crippen LogP) is 0.469. The summed E-state index contributed by atoms with van der Waals surface area (Å²) >= 11 is 0. The Hall–Kier alpha value is -2.67. The molecule has 1 aliphatic heterocycles. The molecule has 0 atom stereocenters. The second kappa shape index (κ2) is 7.94. The molecule has 1 fully saturated rings. The van der Waals surface area contributed by atoms with Gasteiger partial charge >= 0.3 is 11.8 Å². The Morgan fingerprint density at radius 3 is 2.64 bits per heavy atom. The van der Waals surface area contributed by atoms with Crippen LogP contribution in [0.2, 0.25) is 0 Å². The number of hydrogen-bond acceptors (Lipinski definition) is 4. The van der Waals surface area contributed by atoms with Crippen LogP contribution in [0.15, 0.2) is 30.5 Å². The van der Waals surface area contributed by atoms with Gasteiger partial charge < -0.3 is 15.6 Å². The van der Waals surface area contributed by atoms with E-state index >= 15 is 0 Å². The number of piperidine rings is 1. The van der Waals surface area contributed by atoms with E-state index in [1.54, 1.807) is 0 Å². The van der Waals surface area contributed by atoms with E-state index in [2.05, 4.69) is 20.9 Å². The zero-order valence-corrected chi connectivity index (χ0v) is 13.9. The lowest BCUT2D eigenvalue weighted by atomic mass is 9.97. The van der Waals surface area contributed by atoms with Crippen LogP contribution in [-0.2, 0) is 20.8 Å². The van der Waals surface area contributed by atoms with Crippen molar-refractivity contribution in [2.24, 2.45) is 5.92 Å². The molecule has 7 nitrogen and oxygen atoms in total. The summed E-state index contributed by atoms with van der Waals surface area (Å²) in [6, 6.07) is 7.90. The Kier molecular flexibility index (Phi) is 5.45. The van der Waals surface area contributed by atoms with Gasteiger partial charge in [-0.2, -0.15) is 0 Å². The van der Waals surface area contributed by atoms with Crippen LogP contribution in [0.3, 0.4) is 0 Å². The molecule has 2 aromatic rings. The number of benzene rings is 1. The van der Waals surface area contributed by atoms with Gasteiger partial charge in [0.1, 0.15) is 0 Å². The third-order valence-electron chi connectivity index (χ3n) is 4.51. The molecule has 1 aromatic heterocycles. The lowest BCUT2D eigenvalue weighted by Gasteiger charge is -2.21. The van der Waals surface area contributed by atoms with Crippen LogP contribution in [0.25, 0.3) is 10.9 Å². The summed E-state index contributed by atoms with van der Waals surface area (Å²) in [5, 5.41) is 9.02. The fourth-order valence-electron chi connectivity index (χ4n) is 3.08. The van der Waals surface area contributed by atoms with Gasteiger partial charge in [0.15, 0.2) is 0 Å². The minimum atomic E-state index is -0.887. The molecule has 0 saturated carbocycles. The fraction of sp³-hybridized carbons (Fsp3) is 0.389. The molecule has 7 heteroatoms. The maximum atomic E-state index is 12.0. The van der Waals surface area contributed by atoms with E-state index in [1.165, 1.54) is 0 Å². The highest BCUT2D eigenvalue weighted by atomic mass is 16.2. The topological polar surface area (TPSA) is 103 Å². The summed E-state index contributed by atoms with van der Waals surface area (Å²) in [6.07, 6.45) is 3.87. The Bertz CT molecular complexity index is 777. The minimum absolute atomic E-state index is 0.204. The highest BCUT2D eigenvalue weighted by molar-refractivity contribution is 6.37. The molecule has 132 valence electrons. The number of aromatic amines is 1. The molecule has 0 spiro atoms. The van der Waals surface area contributed by atoms with E-state index < -0.39 is 11.8 Å². The van der Waals surface area contributed by atoms with Crippen molar-refractivity contribution in [3.8, 4) is 0 Å². The lowest BCUT2D eigenvalue weighted by Crippen LogP contribution is -2.46. The molecule has 4 N–H and O–H groups in total. The van der Waals surface area contributed by atoms with Gasteiger partial charge in [0.05, 0.1) is 0 Å². The quantitative estimate of drug-likeness (QED) is 0.607. The van der Waals surface area contributed by atoms with E-state index in [9.17, 15) is 14.4 Å². The van der Waals surface area contributed by atoms with Gasteiger partial charge in [-0.15, -0.1) is 0 Å². The summed E-state index contributed by atoms with van der Waals surface area (Å²) < 4.78 is 0. The molecular formula is C18H22N4O3. The Balaban J connectivity index is 1.45. The number of imide groups is 1. The summed E-state index contributed by atoms with van der Waals surface area (Å²) in [5.41, 5.74) is 2.11. The largest absolute Gasteiger partial charge is 0.361 e. The Morgan fingerprint density at radius 2 is 1.84 bits per heavy atom.